The fourth-order valence-corrected chi connectivity index (χ4v) is 5.06. The van der Waals surface area contributed by atoms with E-state index in [2.05, 4.69) is 15.6 Å². The van der Waals surface area contributed by atoms with Crippen LogP contribution < -0.4 is 26.7 Å². The number of anilines is 1. The molecule has 1 saturated heterocycles. The van der Waals surface area contributed by atoms with Gasteiger partial charge < -0.3 is 26.4 Å². The number of amides is 2. The number of hydrogen-bond donors (Lipinski definition) is 4. The minimum absolute atomic E-state index is 0.0247. The molecule has 1 aliphatic carbocycles. The lowest BCUT2D eigenvalue weighted by Gasteiger charge is -2.23. The number of aromatic nitrogens is 2. The van der Waals surface area contributed by atoms with Crippen molar-refractivity contribution in [2.24, 2.45) is 17.6 Å². The quantitative estimate of drug-likeness (QED) is 0.333. The Morgan fingerprint density at radius 1 is 1.07 bits per heavy atom. The smallest absolute Gasteiger partial charge is 0.341 e. The minimum atomic E-state index is -1.60. The molecule has 2 aliphatic rings. The first kappa shape index (κ1) is 27.1. The second-order valence-electron chi connectivity index (χ2n) is 10.1. The Morgan fingerprint density at radius 2 is 1.75 bits per heavy atom. The number of carbonyl (C=O) groups is 3. The standard InChI is InChI=1S/C26H25F3N6O5/c1-10(30)24(37)31-11(2)25(38)32-20-14-7-34(8-15(14)20)23-18(29)6-13-21(36)16(26(39)40)9-35(22(13)33-23)19-4-3-12(27)5-17(19)28/h3-6,9-11,14-15,20H,7-8,30H2,1-2H3,(H,31,37)(H,32,38)(H,39,40)/t10-,11+,14-,15+,20?/m0/s1. The van der Waals surface area contributed by atoms with Gasteiger partial charge in [-0.25, -0.2) is 22.9 Å². The fraction of sp³-hybridized carbons (Fsp3) is 0.346. The van der Waals surface area contributed by atoms with E-state index < -0.39 is 52.4 Å². The van der Waals surface area contributed by atoms with Crippen LogP contribution in [0.5, 0.6) is 0 Å². The van der Waals surface area contributed by atoms with Crippen molar-refractivity contribution in [3.05, 3.63) is 63.7 Å². The molecule has 0 radical (unpaired) electrons. The molecule has 40 heavy (non-hydrogen) atoms. The highest BCUT2D eigenvalue weighted by molar-refractivity contribution is 5.93. The molecule has 0 bridgehead atoms. The van der Waals surface area contributed by atoms with Gasteiger partial charge in [-0.05, 0) is 32.0 Å². The second-order valence-corrected chi connectivity index (χ2v) is 10.1. The van der Waals surface area contributed by atoms with E-state index in [0.29, 0.717) is 19.2 Å². The predicted octanol–water partition coefficient (Wildman–Crippen LogP) is 0.904. The van der Waals surface area contributed by atoms with E-state index in [4.69, 9.17) is 5.73 Å². The lowest BCUT2D eigenvalue weighted by atomic mass is 10.1. The Balaban J connectivity index is 1.42. The van der Waals surface area contributed by atoms with E-state index in [1.165, 1.54) is 13.8 Å². The molecule has 5 atom stereocenters. The summed E-state index contributed by atoms with van der Waals surface area (Å²) >= 11 is 0. The maximum Gasteiger partial charge on any atom is 0.341 e. The Bertz CT molecular complexity index is 1610. The van der Waals surface area contributed by atoms with Crippen LogP contribution in [0.3, 0.4) is 0 Å². The molecule has 210 valence electrons. The van der Waals surface area contributed by atoms with Gasteiger partial charge in [-0.3, -0.25) is 19.0 Å². The number of piperidine rings is 1. The normalized spacial score (nSPS) is 21.1. The van der Waals surface area contributed by atoms with E-state index in [-0.39, 0.29) is 46.3 Å². The van der Waals surface area contributed by atoms with Gasteiger partial charge in [-0.2, -0.15) is 0 Å². The molecule has 2 fully saturated rings. The molecule has 0 spiro atoms. The second kappa shape index (κ2) is 9.93. The minimum Gasteiger partial charge on any atom is -0.477 e. The van der Waals surface area contributed by atoms with Crippen molar-refractivity contribution >= 4 is 34.6 Å². The molecule has 11 nitrogen and oxygen atoms in total. The first-order valence-corrected chi connectivity index (χ1v) is 12.4. The van der Waals surface area contributed by atoms with E-state index in [1.54, 1.807) is 4.90 Å². The maximum atomic E-state index is 15.2. The largest absolute Gasteiger partial charge is 0.477 e. The number of aromatic carboxylic acids is 1. The van der Waals surface area contributed by atoms with Gasteiger partial charge in [0.25, 0.3) is 0 Å². The summed E-state index contributed by atoms with van der Waals surface area (Å²) in [4.78, 5) is 54.6. The molecule has 5 rings (SSSR count). The molecule has 2 aromatic heterocycles. The van der Waals surface area contributed by atoms with Gasteiger partial charge in [0.15, 0.2) is 17.3 Å². The van der Waals surface area contributed by atoms with Crippen molar-refractivity contribution in [3.8, 4) is 5.69 Å². The Morgan fingerprint density at radius 3 is 2.35 bits per heavy atom. The molecule has 3 heterocycles. The Labute approximate surface area is 224 Å². The lowest BCUT2D eigenvalue weighted by molar-refractivity contribution is -0.129. The molecule has 1 aliphatic heterocycles. The Kier molecular flexibility index (Phi) is 6.74. The van der Waals surface area contributed by atoms with Crippen LogP contribution in [-0.2, 0) is 9.59 Å². The molecular weight excluding hydrogens is 533 g/mol. The van der Waals surface area contributed by atoms with Crippen molar-refractivity contribution < 1.29 is 32.7 Å². The lowest BCUT2D eigenvalue weighted by Crippen LogP contribution is -2.50. The van der Waals surface area contributed by atoms with Crippen LogP contribution in [0.1, 0.15) is 24.2 Å². The number of nitrogens with two attached hydrogens (primary N) is 1. The maximum absolute atomic E-state index is 15.2. The highest BCUT2D eigenvalue weighted by Gasteiger charge is 2.57. The first-order valence-electron chi connectivity index (χ1n) is 12.4. The van der Waals surface area contributed by atoms with Gasteiger partial charge in [-0.1, -0.05) is 0 Å². The molecular formula is C26H25F3N6O5. The molecule has 3 aromatic rings. The summed E-state index contributed by atoms with van der Waals surface area (Å²) in [7, 11) is 0. The third-order valence-corrected chi connectivity index (χ3v) is 7.28. The first-order chi connectivity index (χ1) is 18.9. The van der Waals surface area contributed by atoms with Crippen molar-refractivity contribution in [2.45, 2.75) is 32.0 Å². The van der Waals surface area contributed by atoms with Crippen LogP contribution in [0.2, 0.25) is 0 Å². The van der Waals surface area contributed by atoms with Gasteiger partial charge in [0.1, 0.15) is 23.2 Å². The topological polar surface area (TPSA) is 160 Å². The highest BCUT2D eigenvalue weighted by Crippen LogP contribution is 2.47. The third-order valence-electron chi connectivity index (χ3n) is 7.28. The SMILES string of the molecule is C[C@H](N)C(=O)N[C@H](C)C(=O)NC1[C@H]2CN(c3nc4c(cc3F)c(=O)c(C(=O)O)cn4-c3ccc(F)cc3F)C[C@@H]12. The van der Waals surface area contributed by atoms with Crippen LogP contribution in [0.15, 0.2) is 35.3 Å². The zero-order valence-electron chi connectivity index (χ0n) is 21.3. The average molecular weight is 559 g/mol. The molecule has 1 saturated carbocycles. The number of nitrogens with one attached hydrogen (secondary N) is 2. The zero-order chi connectivity index (χ0) is 29.0. The summed E-state index contributed by atoms with van der Waals surface area (Å²) < 4.78 is 44.5. The number of halogens is 3. The van der Waals surface area contributed by atoms with Gasteiger partial charge in [0, 0.05) is 43.2 Å². The average Bonchev–Trinajstić information content (AvgIpc) is 3.31. The summed E-state index contributed by atoms with van der Waals surface area (Å²) in [6.45, 7) is 3.66. The predicted molar refractivity (Wildman–Crippen MR) is 137 cm³/mol. The van der Waals surface area contributed by atoms with E-state index in [1.807, 2.05) is 0 Å². The van der Waals surface area contributed by atoms with Crippen LogP contribution in [-0.4, -0.2) is 63.7 Å². The fourth-order valence-electron chi connectivity index (χ4n) is 5.06. The number of fused-ring (bicyclic) bond motifs is 2. The molecule has 1 aromatic carbocycles. The summed E-state index contributed by atoms with van der Waals surface area (Å²) in [5.74, 6) is -5.42. The monoisotopic (exact) mass is 558 g/mol. The van der Waals surface area contributed by atoms with Gasteiger partial charge in [-0.15, -0.1) is 0 Å². The summed E-state index contributed by atoms with van der Waals surface area (Å²) in [5.41, 5.74) is 3.28. The van der Waals surface area contributed by atoms with E-state index in [9.17, 15) is 33.1 Å². The summed E-state index contributed by atoms with van der Waals surface area (Å²) in [5, 5.41) is 14.5. The van der Waals surface area contributed by atoms with E-state index >= 15 is 4.39 Å². The van der Waals surface area contributed by atoms with Gasteiger partial charge in [0.05, 0.1) is 17.1 Å². The van der Waals surface area contributed by atoms with Gasteiger partial charge >= 0.3 is 5.97 Å². The number of carbonyl (C=O) groups excluding carboxylic acids is 2. The number of rotatable bonds is 7. The summed E-state index contributed by atoms with van der Waals surface area (Å²) in [6, 6.07) is 1.71. The number of benzene rings is 1. The van der Waals surface area contributed by atoms with E-state index in [0.717, 1.165) is 29.0 Å². The van der Waals surface area contributed by atoms with Crippen LogP contribution >= 0.6 is 0 Å². The zero-order valence-corrected chi connectivity index (χ0v) is 21.3. The van der Waals surface area contributed by atoms with Gasteiger partial charge in [0.2, 0.25) is 17.2 Å². The number of hydrogen-bond acceptors (Lipinski definition) is 7. The number of carboxylic acids is 1. The Hall–Kier alpha value is -4.46. The number of pyridine rings is 2. The molecule has 14 heteroatoms. The van der Waals surface area contributed by atoms with Crippen molar-refractivity contribution in [3.63, 3.8) is 0 Å². The summed E-state index contributed by atoms with van der Waals surface area (Å²) in [6.07, 6.45) is 0.871. The third kappa shape index (κ3) is 4.74. The van der Waals surface area contributed by atoms with Crippen LogP contribution in [0.4, 0.5) is 19.0 Å². The molecule has 2 amide bonds. The molecule has 1 unspecified atom stereocenters. The number of carboxylic acid groups (broad SMARTS) is 1. The van der Waals surface area contributed by atoms with Crippen molar-refractivity contribution in [1.82, 2.24) is 20.2 Å². The van der Waals surface area contributed by atoms with Crippen LogP contribution in [0, 0.1) is 29.3 Å². The van der Waals surface area contributed by atoms with Crippen molar-refractivity contribution in [2.75, 3.05) is 18.0 Å². The highest BCUT2D eigenvalue weighted by atomic mass is 19.1. The molecule has 5 N–H and O–H groups in total. The number of nitrogens with zero attached hydrogens (tertiary/aromatic N) is 3. The van der Waals surface area contributed by atoms with Crippen LogP contribution in [0.25, 0.3) is 16.7 Å². The van der Waals surface area contributed by atoms with Crippen molar-refractivity contribution in [1.29, 1.82) is 0 Å².